The number of rotatable bonds is 2. The number of piperidine rings is 1. The van der Waals surface area contributed by atoms with Crippen molar-refractivity contribution in [2.24, 2.45) is 5.92 Å². The lowest BCUT2D eigenvalue weighted by atomic mass is 9.92. The molecule has 4 nitrogen and oxygen atoms in total. The first-order valence-corrected chi connectivity index (χ1v) is 6.88. The normalized spacial score (nSPS) is 23.5. The van der Waals surface area contributed by atoms with Crippen LogP contribution in [0.4, 0.5) is 5.69 Å². The van der Waals surface area contributed by atoms with Gasteiger partial charge in [0.15, 0.2) is 0 Å². The molecular formula is C15H22N2O2. The van der Waals surface area contributed by atoms with Crippen molar-refractivity contribution in [3.8, 4) is 0 Å². The third-order valence-corrected chi connectivity index (χ3v) is 3.97. The van der Waals surface area contributed by atoms with E-state index in [0.717, 1.165) is 30.8 Å². The van der Waals surface area contributed by atoms with Crippen LogP contribution in [0.1, 0.15) is 48.4 Å². The van der Waals surface area contributed by atoms with Crippen molar-refractivity contribution in [1.29, 1.82) is 0 Å². The number of hydrogen-bond donors (Lipinski definition) is 1. The molecule has 19 heavy (non-hydrogen) atoms. The van der Waals surface area contributed by atoms with E-state index in [1.807, 2.05) is 13.0 Å². The Labute approximate surface area is 114 Å². The quantitative estimate of drug-likeness (QED) is 0.890. The number of aromatic carboxylic acids is 1. The topological polar surface area (TPSA) is 53.4 Å². The summed E-state index contributed by atoms with van der Waals surface area (Å²) in [6.45, 7) is 9.05. The number of aromatic nitrogens is 1. The van der Waals surface area contributed by atoms with Crippen LogP contribution in [0.2, 0.25) is 0 Å². The summed E-state index contributed by atoms with van der Waals surface area (Å²) in [5.41, 5.74) is 2.67. The number of nitrogens with zero attached hydrogens (tertiary/aromatic N) is 2. The van der Waals surface area contributed by atoms with Crippen molar-refractivity contribution in [2.45, 2.75) is 46.6 Å². The molecule has 1 aromatic rings. The van der Waals surface area contributed by atoms with E-state index in [4.69, 9.17) is 0 Å². The summed E-state index contributed by atoms with van der Waals surface area (Å²) in [4.78, 5) is 18.0. The van der Waals surface area contributed by atoms with Crippen molar-refractivity contribution >= 4 is 11.7 Å². The van der Waals surface area contributed by atoms with Gasteiger partial charge in [0.25, 0.3) is 0 Å². The molecule has 0 amide bonds. The summed E-state index contributed by atoms with van der Waals surface area (Å²) in [5, 5.41) is 9.44. The minimum absolute atomic E-state index is 0.354. The number of anilines is 1. The number of carboxylic acids is 1. The lowest BCUT2D eigenvalue weighted by Gasteiger charge is -2.39. The average Bonchev–Trinajstić information content (AvgIpc) is 2.26. The number of carbonyl (C=O) groups is 1. The second kappa shape index (κ2) is 5.19. The molecule has 4 heteroatoms. The number of carboxylic acid groups (broad SMARTS) is 1. The minimum Gasteiger partial charge on any atom is -0.478 e. The second-order valence-corrected chi connectivity index (χ2v) is 5.72. The average molecular weight is 262 g/mol. The molecule has 104 valence electrons. The highest BCUT2D eigenvalue weighted by Crippen LogP contribution is 2.31. The number of aryl methyl sites for hydroxylation is 2. The van der Waals surface area contributed by atoms with Crippen molar-refractivity contribution in [2.75, 3.05) is 11.4 Å². The Morgan fingerprint density at radius 1 is 1.42 bits per heavy atom. The first-order valence-electron chi connectivity index (χ1n) is 6.88. The van der Waals surface area contributed by atoms with Crippen LogP contribution >= 0.6 is 0 Å². The molecule has 0 bridgehead atoms. The fourth-order valence-electron chi connectivity index (χ4n) is 3.06. The van der Waals surface area contributed by atoms with Crippen LogP contribution in [-0.4, -0.2) is 28.6 Å². The molecule has 0 aromatic carbocycles. The Kier molecular flexibility index (Phi) is 3.78. The van der Waals surface area contributed by atoms with Gasteiger partial charge in [0.1, 0.15) is 5.56 Å². The SMILES string of the molecule is Cc1cc(N2CCC(C)CC2C)c(C(=O)O)c(C)n1. The van der Waals surface area contributed by atoms with Crippen molar-refractivity contribution in [3.05, 3.63) is 23.0 Å². The van der Waals surface area contributed by atoms with Crippen LogP contribution in [-0.2, 0) is 0 Å². The van der Waals surface area contributed by atoms with Crippen molar-refractivity contribution in [3.63, 3.8) is 0 Å². The van der Waals surface area contributed by atoms with E-state index >= 15 is 0 Å². The third-order valence-electron chi connectivity index (χ3n) is 3.97. The Hall–Kier alpha value is -1.58. The van der Waals surface area contributed by atoms with Crippen LogP contribution < -0.4 is 4.90 Å². The summed E-state index contributed by atoms with van der Waals surface area (Å²) < 4.78 is 0. The fraction of sp³-hybridized carbons (Fsp3) is 0.600. The smallest absolute Gasteiger partial charge is 0.339 e. The largest absolute Gasteiger partial charge is 0.478 e. The molecule has 2 atom stereocenters. The fourth-order valence-corrected chi connectivity index (χ4v) is 3.06. The van der Waals surface area contributed by atoms with Crippen LogP contribution in [0.25, 0.3) is 0 Å². The van der Waals surface area contributed by atoms with Gasteiger partial charge in [0.2, 0.25) is 0 Å². The zero-order chi connectivity index (χ0) is 14.2. The van der Waals surface area contributed by atoms with Crippen molar-refractivity contribution in [1.82, 2.24) is 4.98 Å². The lowest BCUT2D eigenvalue weighted by molar-refractivity contribution is 0.0696. The van der Waals surface area contributed by atoms with Gasteiger partial charge in [-0.1, -0.05) is 6.92 Å². The Balaban J connectivity index is 2.46. The van der Waals surface area contributed by atoms with E-state index < -0.39 is 5.97 Å². The maximum absolute atomic E-state index is 11.5. The molecule has 1 fully saturated rings. The summed E-state index contributed by atoms with van der Waals surface area (Å²) in [5.74, 6) is -0.172. The van der Waals surface area contributed by atoms with E-state index in [-0.39, 0.29) is 0 Å². The number of hydrogen-bond acceptors (Lipinski definition) is 3. The Morgan fingerprint density at radius 3 is 2.68 bits per heavy atom. The monoisotopic (exact) mass is 262 g/mol. The molecule has 0 radical (unpaired) electrons. The van der Waals surface area contributed by atoms with Gasteiger partial charge in [-0.3, -0.25) is 4.98 Å². The molecular weight excluding hydrogens is 240 g/mol. The van der Waals surface area contributed by atoms with Crippen LogP contribution in [0.3, 0.4) is 0 Å². The predicted molar refractivity (Wildman–Crippen MR) is 75.9 cm³/mol. The molecule has 1 aliphatic rings. The maximum atomic E-state index is 11.5. The van der Waals surface area contributed by atoms with Gasteiger partial charge in [-0.25, -0.2) is 4.79 Å². The van der Waals surface area contributed by atoms with Gasteiger partial charge in [-0.2, -0.15) is 0 Å². The molecule has 0 spiro atoms. The number of pyridine rings is 1. The van der Waals surface area contributed by atoms with Gasteiger partial charge in [-0.05, 0) is 45.6 Å². The maximum Gasteiger partial charge on any atom is 0.339 e. The highest BCUT2D eigenvalue weighted by molar-refractivity contribution is 5.95. The highest BCUT2D eigenvalue weighted by Gasteiger charge is 2.27. The van der Waals surface area contributed by atoms with E-state index in [0.29, 0.717) is 23.2 Å². The summed E-state index contributed by atoms with van der Waals surface area (Å²) in [6.07, 6.45) is 2.23. The first-order chi connectivity index (χ1) is 8.90. The molecule has 1 N–H and O–H groups in total. The second-order valence-electron chi connectivity index (χ2n) is 5.72. The zero-order valence-corrected chi connectivity index (χ0v) is 12.1. The van der Waals surface area contributed by atoms with E-state index in [9.17, 15) is 9.90 Å². The Bertz CT molecular complexity index is 499. The van der Waals surface area contributed by atoms with E-state index in [2.05, 4.69) is 23.7 Å². The minimum atomic E-state index is -0.883. The lowest BCUT2D eigenvalue weighted by Crippen LogP contribution is -2.41. The van der Waals surface area contributed by atoms with E-state index in [1.165, 1.54) is 0 Å². The van der Waals surface area contributed by atoms with Gasteiger partial charge in [0.05, 0.1) is 11.4 Å². The molecule has 1 saturated heterocycles. The van der Waals surface area contributed by atoms with Crippen LogP contribution in [0.5, 0.6) is 0 Å². The zero-order valence-electron chi connectivity index (χ0n) is 12.1. The van der Waals surface area contributed by atoms with Gasteiger partial charge >= 0.3 is 5.97 Å². The highest BCUT2D eigenvalue weighted by atomic mass is 16.4. The molecule has 1 aromatic heterocycles. The molecule has 0 saturated carbocycles. The molecule has 1 aliphatic heterocycles. The molecule has 0 aliphatic carbocycles. The van der Waals surface area contributed by atoms with Gasteiger partial charge in [-0.15, -0.1) is 0 Å². The van der Waals surface area contributed by atoms with E-state index in [1.54, 1.807) is 6.92 Å². The Morgan fingerprint density at radius 2 is 2.11 bits per heavy atom. The molecule has 2 rings (SSSR count). The summed E-state index contributed by atoms with van der Waals surface area (Å²) >= 11 is 0. The first kappa shape index (κ1) is 13.8. The summed E-state index contributed by atoms with van der Waals surface area (Å²) in [6, 6.07) is 2.28. The van der Waals surface area contributed by atoms with Crippen LogP contribution in [0, 0.1) is 19.8 Å². The van der Waals surface area contributed by atoms with Crippen molar-refractivity contribution < 1.29 is 9.90 Å². The van der Waals surface area contributed by atoms with Crippen LogP contribution in [0.15, 0.2) is 6.07 Å². The molecule has 2 heterocycles. The predicted octanol–water partition coefficient (Wildman–Crippen LogP) is 3.02. The van der Waals surface area contributed by atoms with Gasteiger partial charge in [0, 0.05) is 18.3 Å². The molecule has 2 unspecified atom stereocenters. The third kappa shape index (κ3) is 2.72. The summed E-state index contributed by atoms with van der Waals surface area (Å²) in [7, 11) is 0. The standard InChI is InChI=1S/C15H22N2O2/c1-9-5-6-17(11(3)7-9)13-8-10(2)16-12(4)14(13)15(18)19/h8-9,11H,5-7H2,1-4H3,(H,18,19). The van der Waals surface area contributed by atoms with Gasteiger partial charge < -0.3 is 10.0 Å².